The third-order valence-electron chi connectivity index (χ3n) is 2.85. The SMILES string of the molecule is CC(=O)Nc1c(O)nc(SCC(=O)NCc2ccccc2)[nH]c1=O. The first kappa shape index (κ1) is 17.5. The number of aromatic nitrogens is 2. The number of carbonyl (C=O) groups is 2. The summed E-state index contributed by atoms with van der Waals surface area (Å²) in [7, 11) is 0. The van der Waals surface area contributed by atoms with Crippen LogP contribution in [0, 0.1) is 0 Å². The Balaban J connectivity index is 1.91. The van der Waals surface area contributed by atoms with Gasteiger partial charge in [-0.3, -0.25) is 19.4 Å². The lowest BCUT2D eigenvalue weighted by Gasteiger charge is -2.07. The summed E-state index contributed by atoms with van der Waals surface area (Å²) < 4.78 is 0. The molecule has 0 spiro atoms. The van der Waals surface area contributed by atoms with Gasteiger partial charge in [-0.1, -0.05) is 42.1 Å². The van der Waals surface area contributed by atoms with E-state index in [4.69, 9.17) is 0 Å². The van der Waals surface area contributed by atoms with Crippen molar-refractivity contribution in [2.75, 3.05) is 11.1 Å². The van der Waals surface area contributed by atoms with E-state index in [-0.39, 0.29) is 22.5 Å². The lowest BCUT2D eigenvalue weighted by molar-refractivity contribution is -0.118. The molecule has 0 unspecified atom stereocenters. The fourth-order valence-electron chi connectivity index (χ4n) is 1.78. The Morgan fingerprint density at radius 1 is 1.29 bits per heavy atom. The number of thioether (sulfide) groups is 1. The minimum atomic E-state index is -0.690. The lowest BCUT2D eigenvalue weighted by atomic mass is 10.2. The van der Waals surface area contributed by atoms with Crippen LogP contribution in [0.4, 0.5) is 5.69 Å². The summed E-state index contributed by atoms with van der Waals surface area (Å²) in [6.07, 6.45) is 0. The first-order valence-electron chi connectivity index (χ1n) is 7.00. The predicted molar refractivity (Wildman–Crippen MR) is 89.8 cm³/mol. The molecule has 1 aromatic carbocycles. The molecule has 2 rings (SSSR count). The highest BCUT2D eigenvalue weighted by molar-refractivity contribution is 7.99. The molecule has 126 valence electrons. The zero-order chi connectivity index (χ0) is 17.5. The molecule has 1 aromatic heterocycles. The maximum atomic E-state index is 11.8. The minimum absolute atomic E-state index is 0.0225. The van der Waals surface area contributed by atoms with Crippen LogP contribution < -0.4 is 16.2 Å². The van der Waals surface area contributed by atoms with Crippen molar-refractivity contribution in [3.8, 4) is 5.88 Å². The second-order valence-corrected chi connectivity index (χ2v) is 5.77. The van der Waals surface area contributed by atoms with Gasteiger partial charge >= 0.3 is 0 Å². The summed E-state index contributed by atoms with van der Waals surface area (Å²) in [5.41, 5.74) is -0.0371. The van der Waals surface area contributed by atoms with Crippen molar-refractivity contribution in [3.05, 3.63) is 46.2 Å². The second-order valence-electron chi connectivity index (χ2n) is 4.80. The number of benzene rings is 1. The number of hydrogen-bond donors (Lipinski definition) is 4. The van der Waals surface area contributed by atoms with Crippen molar-refractivity contribution in [1.29, 1.82) is 0 Å². The molecule has 0 atom stereocenters. The van der Waals surface area contributed by atoms with Gasteiger partial charge in [-0.15, -0.1) is 0 Å². The summed E-state index contributed by atoms with van der Waals surface area (Å²) in [5.74, 6) is -1.31. The molecule has 0 fully saturated rings. The molecule has 2 amide bonds. The van der Waals surface area contributed by atoms with Crippen LogP contribution in [-0.2, 0) is 16.1 Å². The van der Waals surface area contributed by atoms with Gasteiger partial charge in [0, 0.05) is 13.5 Å². The second kappa shape index (κ2) is 8.16. The molecular formula is C15H16N4O4S. The topological polar surface area (TPSA) is 124 Å². The molecule has 0 aliphatic heterocycles. The number of aromatic amines is 1. The van der Waals surface area contributed by atoms with Crippen molar-refractivity contribution >= 4 is 29.3 Å². The highest BCUT2D eigenvalue weighted by atomic mass is 32.2. The standard InChI is InChI=1S/C15H16N4O4S/c1-9(20)17-12-13(22)18-15(19-14(12)23)24-8-11(21)16-7-10-5-3-2-4-6-10/h2-6H,7-8H2,1H3,(H,16,21)(H,17,20)(H2,18,19,22,23). The molecule has 0 aliphatic rings. The van der Waals surface area contributed by atoms with E-state index in [9.17, 15) is 19.5 Å². The molecule has 0 radical (unpaired) electrons. The molecular weight excluding hydrogens is 332 g/mol. The van der Waals surface area contributed by atoms with Crippen LogP contribution in [-0.4, -0.2) is 32.6 Å². The van der Waals surface area contributed by atoms with Gasteiger partial charge in [0.15, 0.2) is 10.8 Å². The van der Waals surface area contributed by atoms with Crippen molar-refractivity contribution in [1.82, 2.24) is 15.3 Å². The van der Waals surface area contributed by atoms with Gasteiger partial charge in [0.1, 0.15) is 0 Å². The number of carbonyl (C=O) groups excluding carboxylic acids is 2. The van der Waals surface area contributed by atoms with Crippen molar-refractivity contribution in [3.63, 3.8) is 0 Å². The number of anilines is 1. The van der Waals surface area contributed by atoms with E-state index in [0.717, 1.165) is 17.3 Å². The van der Waals surface area contributed by atoms with Crippen LogP contribution in [0.5, 0.6) is 5.88 Å². The van der Waals surface area contributed by atoms with E-state index in [1.165, 1.54) is 6.92 Å². The summed E-state index contributed by atoms with van der Waals surface area (Å²) in [5, 5.41) is 14.7. The fourth-order valence-corrected chi connectivity index (χ4v) is 2.47. The Morgan fingerprint density at radius 2 is 2.00 bits per heavy atom. The molecule has 8 nitrogen and oxygen atoms in total. The van der Waals surface area contributed by atoms with Crippen LogP contribution in [0.3, 0.4) is 0 Å². The number of nitrogens with zero attached hydrogens (tertiary/aromatic N) is 1. The zero-order valence-electron chi connectivity index (χ0n) is 12.8. The molecule has 0 saturated carbocycles. The van der Waals surface area contributed by atoms with Crippen LogP contribution in [0.1, 0.15) is 12.5 Å². The maximum absolute atomic E-state index is 11.8. The Morgan fingerprint density at radius 3 is 2.62 bits per heavy atom. The van der Waals surface area contributed by atoms with Crippen LogP contribution in [0.2, 0.25) is 0 Å². The Bertz CT molecular complexity index is 792. The summed E-state index contributed by atoms with van der Waals surface area (Å²) in [6, 6.07) is 9.44. The summed E-state index contributed by atoms with van der Waals surface area (Å²) >= 11 is 0.968. The third kappa shape index (κ3) is 5.13. The third-order valence-corrected chi connectivity index (χ3v) is 3.73. The average molecular weight is 348 g/mol. The van der Waals surface area contributed by atoms with E-state index in [1.54, 1.807) is 0 Å². The summed E-state index contributed by atoms with van der Waals surface area (Å²) in [4.78, 5) is 40.7. The quantitative estimate of drug-likeness (QED) is 0.453. The number of H-pyrrole nitrogens is 1. The van der Waals surface area contributed by atoms with Crippen LogP contribution in [0.25, 0.3) is 0 Å². The van der Waals surface area contributed by atoms with Crippen LogP contribution in [0.15, 0.2) is 40.3 Å². The molecule has 0 saturated heterocycles. The van der Waals surface area contributed by atoms with Gasteiger partial charge in [0.05, 0.1) is 5.75 Å². The maximum Gasteiger partial charge on any atom is 0.279 e. The number of aromatic hydroxyl groups is 1. The van der Waals surface area contributed by atoms with Crippen molar-refractivity contribution < 1.29 is 14.7 Å². The Hall–Kier alpha value is -2.81. The number of rotatable bonds is 6. The first-order chi connectivity index (χ1) is 11.5. The molecule has 0 bridgehead atoms. The van der Waals surface area contributed by atoms with Crippen molar-refractivity contribution in [2.45, 2.75) is 18.6 Å². The van der Waals surface area contributed by atoms with E-state index < -0.39 is 17.3 Å². The van der Waals surface area contributed by atoms with Gasteiger partial charge in [0.2, 0.25) is 17.7 Å². The smallest absolute Gasteiger partial charge is 0.279 e. The first-order valence-corrected chi connectivity index (χ1v) is 7.98. The Labute approximate surface area is 141 Å². The van der Waals surface area contributed by atoms with E-state index >= 15 is 0 Å². The molecule has 1 heterocycles. The van der Waals surface area contributed by atoms with Gasteiger partial charge in [-0.05, 0) is 5.56 Å². The van der Waals surface area contributed by atoms with Gasteiger partial charge in [0.25, 0.3) is 5.56 Å². The molecule has 9 heteroatoms. The minimum Gasteiger partial charge on any atom is -0.492 e. The van der Waals surface area contributed by atoms with E-state index in [1.807, 2.05) is 30.3 Å². The number of amides is 2. The largest absolute Gasteiger partial charge is 0.492 e. The normalized spacial score (nSPS) is 10.2. The average Bonchev–Trinajstić information content (AvgIpc) is 2.55. The highest BCUT2D eigenvalue weighted by Gasteiger charge is 2.13. The zero-order valence-corrected chi connectivity index (χ0v) is 13.6. The number of hydrogen-bond acceptors (Lipinski definition) is 6. The number of nitrogens with one attached hydrogen (secondary N) is 3. The molecule has 4 N–H and O–H groups in total. The fraction of sp³-hybridized carbons (Fsp3) is 0.200. The van der Waals surface area contributed by atoms with Crippen molar-refractivity contribution in [2.24, 2.45) is 0 Å². The lowest BCUT2D eigenvalue weighted by Crippen LogP contribution is -2.25. The Kier molecular flexibility index (Phi) is 5.96. The highest BCUT2D eigenvalue weighted by Crippen LogP contribution is 2.19. The van der Waals surface area contributed by atoms with E-state index in [2.05, 4.69) is 20.6 Å². The van der Waals surface area contributed by atoms with E-state index in [0.29, 0.717) is 6.54 Å². The summed E-state index contributed by atoms with van der Waals surface area (Å²) in [6.45, 7) is 1.61. The molecule has 24 heavy (non-hydrogen) atoms. The monoisotopic (exact) mass is 348 g/mol. The predicted octanol–water partition coefficient (Wildman–Crippen LogP) is 0.842. The molecule has 2 aromatic rings. The van der Waals surface area contributed by atoms with Gasteiger partial charge < -0.3 is 15.7 Å². The molecule has 0 aliphatic carbocycles. The van der Waals surface area contributed by atoms with Crippen LogP contribution >= 0.6 is 11.8 Å². The van der Waals surface area contributed by atoms with Gasteiger partial charge in [-0.2, -0.15) is 4.98 Å². The van der Waals surface area contributed by atoms with Gasteiger partial charge in [-0.25, -0.2) is 0 Å².